The summed E-state index contributed by atoms with van der Waals surface area (Å²) in [5, 5.41) is 12.7. The van der Waals surface area contributed by atoms with Crippen LogP contribution >= 0.6 is 0 Å². The second-order valence-electron chi connectivity index (χ2n) is 4.81. The average molecular weight is 287 g/mol. The molecule has 0 aromatic heterocycles. The summed E-state index contributed by atoms with van der Waals surface area (Å²) >= 11 is 0. The van der Waals surface area contributed by atoms with Crippen molar-refractivity contribution in [1.29, 1.82) is 0 Å². The van der Waals surface area contributed by atoms with Crippen LogP contribution in [0.25, 0.3) is 0 Å². The first-order valence-electron chi connectivity index (χ1n) is 6.37. The molecule has 1 aliphatic rings. The summed E-state index contributed by atoms with van der Waals surface area (Å²) in [6.07, 6.45) is 0.541. The maximum absolute atomic E-state index is 13.3. The lowest BCUT2D eigenvalue weighted by atomic mass is 10.0. The molecule has 0 fully saturated rings. The van der Waals surface area contributed by atoms with Gasteiger partial charge >= 0.3 is 0 Å². The molecule has 1 aliphatic heterocycles. The number of rotatable bonds is 4. The summed E-state index contributed by atoms with van der Waals surface area (Å²) in [6, 6.07) is 3.53. The van der Waals surface area contributed by atoms with Crippen molar-refractivity contribution < 1.29 is 17.9 Å². The molecule has 106 valence electrons. The highest BCUT2D eigenvalue weighted by atomic mass is 32.2. The van der Waals surface area contributed by atoms with Crippen molar-refractivity contribution in [1.82, 2.24) is 5.32 Å². The molecule has 2 unspecified atom stereocenters. The van der Waals surface area contributed by atoms with Gasteiger partial charge in [-0.15, -0.1) is 0 Å². The minimum atomic E-state index is -3.31. The van der Waals surface area contributed by atoms with Crippen molar-refractivity contribution in [3.63, 3.8) is 0 Å². The Labute approximate surface area is 112 Å². The first kappa shape index (κ1) is 14.4. The van der Waals surface area contributed by atoms with Crippen molar-refractivity contribution in [3.8, 4) is 0 Å². The Morgan fingerprint density at radius 1 is 1.53 bits per heavy atom. The van der Waals surface area contributed by atoms with Crippen LogP contribution < -0.4 is 5.32 Å². The van der Waals surface area contributed by atoms with E-state index in [-0.39, 0.29) is 16.7 Å². The molecule has 0 saturated carbocycles. The van der Waals surface area contributed by atoms with Crippen LogP contribution in [0.2, 0.25) is 0 Å². The smallest absolute Gasteiger partial charge is 0.178 e. The van der Waals surface area contributed by atoms with Crippen molar-refractivity contribution in [2.24, 2.45) is 0 Å². The fraction of sp³-hybridized carbons (Fsp3) is 0.538. The Bertz CT molecular complexity index is 559. The standard InChI is InChI=1S/C13H18FNO3S/c1-2-10(16)8-15-12-5-6-19(17,18)13-4-3-9(14)7-11(12)13/h3-4,7,10,12,15-16H,2,5-6,8H2,1H3. The van der Waals surface area contributed by atoms with E-state index < -0.39 is 21.8 Å². The Kier molecular flexibility index (Phi) is 4.23. The van der Waals surface area contributed by atoms with Gasteiger partial charge in [-0.3, -0.25) is 0 Å². The molecule has 19 heavy (non-hydrogen) atoms. The maximum Gasteiger partial charge on any atom is 0.178 e. The lowest BCUT2D eigenvalue weighted by Gasteiger charge is -2.27. The van der Waals surface area contributed by atoms with E-state index in [1.165, 1.54) is 18.2 Å². The first-order valence-corrected chi connectivity index (χ1v) is 8.03. The summed E-state index contributed by atoms with van der Waals surface area (Å²) in [6.45, 7) is 2.24. The van der Waals surface area contributed by atoms with Crippen molar-refractivity contribution in [3.05, 3.63) is 29.6 Å². The summed E-state index contributed by atoms with van der Waals surface area (Å²) in [7, 11) is -3.31. The summed E-state index contributed by atoms with van der Waals surface area (Å²) in [4.78, 5) is 0.198. The van der Waals surface area contributed by atoms with Crippen LogP contribution in [-0.2, 0) is 9.84 Å². The minimum absolute atomic E-state index is 0.0471. The molecule has 0 amide bonds. The fourth-order valence-corrected chi connectivity index (χ4v) is 3.85. The molecule has 4 nitrogen and oxygen atoms in total. The van der Waals surface area contributed by atoms with Gasteiger partial charge < -0.3 is 10.4 Å². The second kappa shape index (κ2) is 5.56. The van der Waals surface area contributed by atoms with Crippen molar-refractivity contribution >= 4 is 9.84 Å². The molecular weight excluding hydrogens is 269 g/mol. The van der Waals surface area contributed by atoms with Crippen LogP contribution in [0.15, 0.2) is 23.1 Å². The van der Waals surface area contributed by atoms with Crippen molar-refractivity contribution in [2.75, 3.05) is 12.3 Å². The SMILES string of the molecule is CCC(O)CNC1CCS(=O)(=O)c2ccc(F)cc21. The van der Waals surface area contributed by atoms with Gasteiger partial charge in [0.2, 0.25) is 0 Å². The highest BCUT2D eigenvalue weighted by molar-refractivity contribution is 7.91. The Balaban J connectivity index is 2.27. The lowest BCUT2D eigenvalue weighted by molar-refractivity contribution is 0.162. The third kappa shape index (κ3) is 3.13. The minimum Gasteiger partial charge on any atom is -0.392 e. The molecule has 2 rings (SSSR count). The molecule has 1 aromatic rings. The number of aliphatic hydroxyl groups excluding tert-OH is 1. The Morgan fingerprint density at radius 2 is 2.26 bits per heavy atom. The highest BCUT2D eigenvalue weighted by Gasteiger charge is 2.30. The van der Waals surface area contributed by atoms with Crippen LogP contribution in [0, 0.1) is 5.82 Å². The average Bonchev–Trinajstić information content (AvgIpc) is 2.37. The number of benzene rings is 1. The van der Waals surface area contributed by atoms with Crippen LogP contribution in [0.4, 0.5) is 4.39 Å². The van der Waals surface area contributed by atoms with Gasteiger partial charge in [0.15, 0.2) is 9.84 Å². The van der Waals surface area contributed by atoms with E-state index >= 15 is 0 Å². The van der Waals surface area contributed by atoms with Gasteiger partial charge in [0.05, 0.1) is 16.8 Å². The summed E-state index contributed by atoms with van der Waals surface area (Å²) in [5.74, 6) is -0.399. The fourth-order valence-electron chi connectivity index (χ4n) is 2.25. The lowest BCUT2D eigenvalue weighted by Crippen LogP contribution is -2.34. The largest absolute Gasteiger partial charge is 0.392 e. The first-order chi connectivity index (χ1) is 8.94. The predicted molar refractivity (Wildman–Crippen MR) is 70.1 cm³/mol. The Morgan fingerprint density at radius 3 is 2.95 bits per heavy atom. The summed E-state index contributed by atoms with van der Waals surface area (Å²) < 4.78 is 37.2. The zero-order chi connectivity index (χ0) is 14.0. The number of nitrogens with one attached hydrogen (secondary N) is 1. The number of halogens is 1. The zero-order valence-corrected chi connectivity index (χ0v) is 11.6. The molecule has 1 aromatic carbocycles. The van der Waals surface area contributed by atoms with Gasteiger partial charge in [0, 0.05) is 12.6 Å². The van der Waals surface area contributed by atoms with E-state index in [2.05, 4.69) is 5.32 Å². The molecular formula is C13H18FNO3S. The van der Waals surface area contributed by atoms with E-state index in [0.717, 1.165) is 0 Å². The highest BCUT2D eigenvalue weighted by Crippen LogP contribution is 2.32. The van der Waals surface area contributed by atoms with Crippen LogP contribution in [0.1, 0.15) is 31.4 Å². The molecule has 6 heteroatoms. The molecule has 0 spiro atoms. The number of fused-ring (bicyclic) bond motifs is 1. The molecule has 2 N–H and O–H groups in total. The Hall–Kier alpha value is -0.980. The monoisotopic (exact) mass is 287 g/mol. The van der Waals surface area contributed by atoms with Crippen molar-refractivity contribution in [2.45, 2.75) is 36.8 Å². The second-order valence-corrected chi connectivity index (χ2v) is 6.89. The number of hydrogen-bond acceptors (Lipinski definition) is 4. The number of aliphatic hydroxyl groups is 1. The van der Waals surface area contributed by atoms with Gasteiger partial charge in [-0.05, 0) is 36.6 Å². The van der Waals surface area contributed by atoms with E-state index in [0.29, 0.717) is 24.9 Å². The molecule has 0 aliphatic carbocycles. The van der Waals surface area contributed by atoms with Gasteiger partial charge in [0.1, 0.15) is 5.82 Å². The zero-order valence-electron chi connectivity index (χ0n) is 10.8. The van der Waals surface area contributed by atoms with E-state index in [1.54, 1.807) is 0 Å². The topological polar surface area (TPSA) is 66.4 Å². The van der Waals surface area contributed by atoms with Gasteiger partial charge in [-0.25, -0.2) is 12.8 Å². The quantitative estimate of drug-likeness (QED) is 0.822. The van der Waals surface area contributed by atoms with E-state index in [4.69, 9.17) is 0 Å². The molecule has 2 atom stereocenters. The third-order valence-corrected chi connectivity index (χ3v) is 5.24. The third-order valence-electron chi connectivity index (χ3n) is 3.43. The normalized spacial score (nSPS) is 22.8. The van der Waals surface area contributed by atoms with Crippen LogP contribution in [-0.4, -0.2) is 31.9 Å². The number of sulfone groups is 1. The maximum atomic E-state index is 13.3. The van der Waals surface area contributed by atoms with Gasteiger partial charge in [-0.1, -0.05) is 6.92 Å². The predicted octanol–water partition coefficient (Wildman–Crippen LogP) is 1.40. The van der Waals surface area contributed by atoms with Gasteiger partial charge in [-0.2, -0.15) is 0 Å². The molecule has 0 bridgehead atoms. The molecule has 0 saturated heterocycles. The molecule has 1 heterocycles. The van der Waals surface area contributed by atoms with Gasteiger partial charge in [0.25, 0.3) is 0 Å². The molecule has 0 radical (unpaired) electrons. The number of hydrogen-bond donors (Lipinski definition) is 2. The van der Waals surface area contributed by atoms with Crippen LogP contribution in [0.3, 0.4) is 0 Å². The van der Waals surface area contributed by atoms with E-state index in [9.17, 15) is 17.9 Å². The summed E-state index contributed by atoms with van der Waals surface area (Å²) in [5.41, 5.74) is 0.467. The van der Waals surface area contributed by atoms with E-state index in [1.807, 2.05) is 6.92 Å². The van der Waals surface area contributed by atoms with Crippen LogP contribution in [0.5, 0.6) is 0 Å².